The lowest BCUT2D eigenvalue weighted by molar-refractivity contribution is 0.0597. The minimum Gasteiger partial charge on any atom is -0.496 e. The Balaban J connectivity index is 2.09. The molecule has 1 saturated carbocycles. The predicted molar refractivity (Wildman–Crippen MR) is 114 cm³/mol. The van der Waals surface area contributed by atoms with Gasteiger partial charge in [-0.15, -0.1) is 0 Å². The highest BCUT2D eigenvalue weighted by molar-refractivity contribution is 5.92. The maximum absolute atomic E-state index is 12.0. The van der Waals surface area contributed by atoms with Crippen molar-refractivity contribution in [2.45, 2.75) is 52.0 Å². The summed E-state index contributed by atoms with van der Waals surface area (Å²) < 4.78 is 10.1. The second-order valence-electron chi connectivity index (χ2n) is 7.61. The minimum atomic E-state index is -0.430. The molecule has 0 heterocycles. The van der Waals surface area contributed by atoms with E-state index in [-0.39, 0.29) is 12.0 Å². The van der Waals surface area contributed by atoms with Crippen LogP contribution in [-0.4, -0.2) is 51.0 Å². The highest BCUT2D eigenvalue weighted by Crippen LogP contribution is 2.38. The van der Waals surface area contributed by atoms with Crippen molar-refractivity contribution in [3.8, 4) is 5.75 Å². The Hall–Kier alpha value is -2.28. The number of rotatable bonds is 9. The molecule has 0 aromatic heterocycles. The summed E-state index contributed by atoms with van der Waals surface area (Å²) in [6.07, 6.45) is 6.82. The van der Waals surface area contributed by atoms with Crippen molar-refractivity contribution >= 4 is 11.9 Å². The molecule has 1 aromatic rings. The molecule has 0 unspecified atom stereocenters. The highest BCUT2D eigenvalue weighted by Gasteiger charge is 2.31. The van der Waals surface area contributed by atoms with Gasteiger partial charge in [-0.05, 0) is 49.3 Å². The molecule has 1 aliphatic rings. The fraction of sp³-hybridized carbons (Fsp3) is 0.636. The van der Waals surface area contributed by atoms with E-state index in [9.17, 15) is 9.90 Å². The van der Waals surface area contributed by atoms with Crippen LogP contribution < -0.4 is 15.4 Å². The first-order valence-corrected chi connectivity index (χ1v) is 10.5. The quantitative estimate of drug-likeness (QED) is 0.332. The topological polar surface area (TPSA) is 92.2 Å². The zero-order valence-electron chi connectivity index (χ0n) is 17.9. The number of hydrogen-bond acceptors (Lipinski definition) is 5. The van der Waals surface area contributed by atoms with Crippen LogP contribution in [0.5, 0.6) is 5.75 Å². The normalized spacial score (nSPS) is 16.2. The summed E-state index contributed by atoms with van der Waals surface area (Å²) in [7, 11) is 2.88. The van der Waals surface area contributed by atoms with Gasteiger partial charge in [-0.25, -0.2) is 9.79 Å². The van der Waals surface area contributed by atoms with Crippen LogP contribution in [0, 0.1) is 5.41 Å². The van der Waals surface area contributed by atoms with Gasteiger partial charge in [0.2, 0.25) is 0 Å². The molecule has 0 amide bonds. The monoisotopic (exact) mass is 405 g/mol. The maximum atomic E-state index is 12.0. The van der Waals surface area contributed by atoms with E-state index < -0.39 is 5.97 Å². The number of hydrogen-bond donors (Lipinski definition) is 3. The number of guanidine groups is 1. The van der Waals surface area contributed by atoms with Gasteiger partial charge in [-0.1, -0.05) is 25.3 Å². The van der Waals surface area contributed by atoms with E-state index in [2.05, 4.69) is 15.6 Å². The molecule has 0 spiro atoms. The molecular formula is C22H35N3O4. The summed E-state index contributed by atoms with van der Waals surface area (Å²) >= 11 is 0. The molecule has 0 radical (unpaired) electrons. The van der Waals surface area contributed by atoms with Gasteiger partial charge in [0.15, 0.2) is 5.96 Å². The van der Waals surface area contributed by atoms with E-state index in [1.807, 2.05) is 13.0 Å². The van der Waals surface area contributed by atoms with Crippen molar-refractivity contribution in [3.63, 3.8) is 0 Å². The van der Waals surface area contributed by atoms with Crippen molar-refractivity contribution in [1.29, 1.82) is 0 Å². The van der Waals surface area contributed by atoms with Crippen molar-refractivity contribution < 1.29 is 19.4 Å². The third-order valence-corrected chi connectivity index (χ3v) is 5.62. The maximum Gasteiger partial charge on any atom is 0.341 e. The fourth-order valence-corrected chi connectivity index (χ4v) is 3.96. The molecule has 162 valence electrons. The van der Waals surface area contributed by atoms with E-state index in [4.69, 9.17) is 9.47 Å². The van der Waals surface area contributed by atoms with Gasteiger partial charge in [-0.3, -0.25) is 0 Å². The number of ether oxygens (including phenoxy) is 2. The summed E-state index contributed by atoms with van der Waals surface area (Å²) in [6.45, 7) is 4.24. The molecule has 7 nitrogen and oxygen atoms in total. The molecule has 0 bridgehead atoms. The van der Waals surface area contributed by atoms with Gasteiger partial charge >= 0.3 is 5.97 Å². The fourth-order valence-electron chi connectivity index (χ4n) is 3.96. The molecular weight excluding hydrogens is 370 g/mol. The van der Waals surface area contributed by atoms with Crippen LogP contribution in [0.15, 0.2) is 23.2 Å². The Labute approximate surface area is 173 Å². The number of nitrogens with zero attached hydrogens (tertiary/aromatic N) is 1. The number of aliphatic hydroxyl groups is 1. The van der Waals surface area contributed by atoms with Gasteiger partial charge in [-0.2, -0.15) is 0 Å². The lowest BCUT2D eigenvalue weighted by Crippen LogP contribution is -2.44. The van der Waals surface area contributed by atoms with Gasteiger partial charge in [0, 0.05) is 19.7 Å². The first kappa shape index (κ1) is 23.0. The van der Waals surface area contributed by atoms with Crippen LogP contribution in [0.1, 0.15) is 61.4 Å². The average molecular weight is 406 g/mol. The largest absolute Gasteiger partial charge is 0.496 e. The van der Waals surface area contributed by atoms with E-state index in [1.165, 1.54) is 33.5 Å². The van der Waals surface area contributed by atoms with E-state index in [0.29, 0.717) is 17.9 Å². The number of esters is 1. The summed E-state index contributed by atoms with van der Waals surface area (Å²) in [5, 5.41) is 16.3. The van der Waals surface area contributed by atoms with Crippen LogP contribution >= 0.6 is 0 Å². The lowest BCUT2D eigenvalue weighted by Gasteiger charge is -2.37. The van der Waals surface area contributed by atoms with Crippen molar-refractivity contribution in [1.82, 2.24) is 10.6 Å². The Bertz CT molecular complexity index is 679. The number of nitrogens with one attached hydrogen (secondary N) is 2. The highest BCUT2D eigenvalue weighted by atomic mass is 16.5. The zero-order valence-corrected chi connectivity index (χ0v) is 17.9. The molecule has 2 rings (SSSR count). The van der Waals surface area contributed by atoms with Crippen LogP contribution in [0.3, 0.4) is 0 Å². The van der Waals surface area contributed by atoms with Gasteiger partial charge in [0.25, 0.3) is 0 Å². The first-order chi connectivity index (χ1) is 14.1. The standard InChI is InChI=1S/C22H35N3O4/c1-4-23-21(25-16-22(12-13-26)10-6-5-7-11-22)24-15-17-8-9-19(28-2)18(14-17)20(27)29-3/h8-9,14,26H,4-7,10-13,15-16H2,1-3H3,(H2,23,24,25). The number of methoxy groups -OCH3 is 2. The summed E-state index contributed by atoms with van der Waals surface area (Å²) in [6, 6.07) is 5.41. The number of carbonyl (C=O) groups is 1. The van der Waals surface area contributed by atoms with Gasteiger partial charge in [0.05, 0.1) is 20.8 Å². The molecule has 1 aromatic carbocycles. The molecule has 0 saturated heterocycles. The van der Waals surface area contributed by atoms with Crippen molar-refractivity contribution in [2.75, 3.05) is 33.9 Å². The second-order valence-corrected chi connectivity index (χ2v) is 7.61. The molecule has 0 aliphatic heterocycles. The predicted octanol–water partition coefficient (Wildman–Crippen LogP) is 2.87. The Morgan fingerprint density at radius 1 is 1.21 bits per heavy atom. The molecule has 3 N–H and O–H groups in total. The van der Waals surface area contributed by atoms with E-state index in [0.717, 1.165) is 43.9 Å². The number of aliphatic imine (C=N–C) groups is 1. The summed E-state index contributed by atoms with van der Waals surface area (Å²) in [5.74, 6) is 0.796. The Kier molecular flexibility index (Phi) is 9.25. The van der Waals surface area contributed by atoms with Crippen molar-refractivity contribution in [2.24, 2.45) is 10.4 Å². The Morgan fingerprint density at radius 2 is 1.97 bits per heavy atom. The van der Waals surface area contributed by atoms with Crippen LogP contribution in [0.25, 0.3) is 0 Å². The van der Waals surface area contributed by atoms with E-state index in [1.54, 1.807) is 12.1 Å². The van der Waals surface area contributed by atoms with Crippen molar-refractivity contribution in [3.05, 3.63) is 29.3 Å². The summed E-state index contributed by atoms with van der Waals surface area (Å²) in [4.78, 5) is 16.7. The zero-order chi connectivity index (χ0) is 21.1. The first-order valence-electron chi connectivity index (χ1n) is 10.5. The van der Waals surface area contributed by atoms with Gasteiger partial charge in [0.1, 0.15) is 11.3 Å². The van der Waals surface area contributed by atoms with Crippen LogP contribution in [-0.2, 0) is 11.3 Å². The smallest absolute Gasteiger partial charge is 0.341 e. The molecule has 7 heteroatoms. The Morgan fingerprint density at radius 3 is 2.59 bits per heavy atom. The van der Waals surface area contributed by atoms with Crippen LogP contribution in [0.2, 0.25) is 0 Å². The average Bonchev–Trinajstić information content (AvgIpc) is 2.75. The lowest BCUT2D eigenvalue weighted by atomic mass is 9.72. The molecule has 1 fully saturated rings. The molecule has 0 atom stereocenters. The third kappa shape index (κ3) is 6.63. The molecule has 1 aliphatic carbocycles. The third-order valence-electron chi connectivity index (χ3n) is 5.62. The number of aliphatic hydroxyl groups excluding tert-OH is 1. The van der Waals surface area contributed by atoms with E-state index >= 15 is 0 Å². The second kappa shape index (κ2) is 11.7. The number of carbonyl (C=O) groups excluding carboxylic acids is 1. The molecule has 29 heavy (non-hydrogen) atoms. The van der Waals surface area contributed by atoms with Crippen LogP contribution in [0.4, 0.5) is 0 Å². The summed E-state index contributed by atoms with van der Waals surface area (Å²) in [5.41, 5.74) is 1.43. The minimum absolute atomic E-state index is 0.140. The number of benzene rings is 1. The SMILES string of the molecule is CCNC(=NCc1ccc(OC)c(C(=O)OC)c1)NCC1(CCO)CCCCC1. The van der Waals surface area contributed by atoms with Gasteiger partial charge < -0.3 is 25.2 Å².